The summed E-state index contributed by atoms with van der Waals surface area (Å²) in [5.74, 6) is -0.821. The molecule has 1 atom stereocenters. The summed E-state index contributed by atoms with van der Waals surface area (Å²) in [7, 11) is 2.96. The highest BCUT2D eigenvalue weighted by Gasteiger charge is 2.28. The molecule has 1 unspecified atom stereocenters. The Hall–Kier alpha value is -3.19. The van der Waals surface area contributed by atoms with Crippen LogP contribution in [-0.4, -0.2) is 56.5 Å². The van der Waals surface area contributed by atoms with E-state index in [0.717, 1.165) is 25.1 Å². The largest absolute Gasteiger partial charge is 0.465 e. The molecule has 0 radical (unpaired) electrons. The van der Waals surface area contributed by atoms with Gasteiger partial charge in [-0.15, -0.1) is 0 Å². The monoisotopic (exact) mass is 409 g/mol. The summed E-state index contributed by atoms with van der Waals surface area (Å²) in [5.41, 5.74) is 1.62. The van der Waals surface area contributed by atoms with Gasteiger partial charge in [0.15, 0.2) is 0 Å². The molecule has 30 heavy (non-hydrogen) atoms. The molecule has 1 N–H and O–H groups in total. The van der Waals surface area contributed by atoms with Crippen LogP contribution < -0.4 is 10.2 Å². The average Bonchev–Trinajstić information content (AvgIpc) is 2.78. The van der Waals surface area contributed by atoms with Gasteiger partial charge in [0, 0.05) is 19.3 Å². The molecule has 1 saturated heterocycles. The lowest BCUT2D eigenvalue weighted by Gasteiger charge is -2.32. The number of ether oxygens (including phenoxy) is 1. The van der Waals surface area contributed by atoms with Crippen LogP contribution >= 0.6 is 0 Å². The number of esters is 1. The molecule has 2 amide bonds. The number of nitrogens with one attached hydrogen (secondary N) is 1. The molecule has 158 valence electrons. The van der Waals surface area contributed by atoms with Gasteiger partial charge >= 0.3 is 5.97 Å². The van der Waals surface area contributed by atoms with Crippen molar-refractivity contribution >= 4 is 29.2 Å². The zero-order valence-corrected chi connectivity index (χ0v) is 17.3. The van der Waals surface area contributed by atoms with Crippen molar-refractivity contribution in [1.29, 1.82) is 0 Å². The highest BCUT2D eigenvalue weighted by Crippen LogP contribution is 2.22. The van der Waals surface area contributed by atoms with Crippen LogP contribution in [0.2, 0.25) is 0 Å². The van der Waals surface area contributed by atoms with Crippen LogP contribution in [0, 0.1) is 5.92 Å². The van der Waals surface area contributed by atoms with E-state index in [1.165, 1.54) is 12.0 Å². The van der Waals surface area contributed by atoms with Gasteiger partial charge < -0.3 is 15.0 Å². The first-order valence-corrected chi connectivity index (χ1v) is 10.0. The quantitative estimate of drug-likeness (QED) is 0.743. The Kier molecular flexibility index (Phi) is 7.19. The van der Waals surface area contributed by atoms with Crippen molar-refractivity contribution in [2.75, 3.05) is 44.0 Å². The number of benzene rings is 2. The molecular formula is C23H27N3O4. The van der Waals surface area contributed by atoms with Crippen molar-refractivity contribution in [2.45, 2.75) is 12.8 Å². The van der Waals surface area contributed by atoms with E-state index in [2.05, 4.69) is 5.32 Å². The topological polar surface area (TPSA) is 79.0 Å². The van der Waals surface area contributed by atoms with Crippen LogP contribution in [0.1, 0.15) is 23.2 Å². The van der Waals surface area contributed by atoms with Crippen molar-refractivity contribution in [2.24, 2.45) is 5.92 Å². The van der Waals surface area contributed by atoms with Crippen LogP contribution in [0.25, 0.3) is 0 Å². The van der Waals surface area contributed by atoms with E-state index in [0.29, 0.717) is 17.8 Å². The summed E-state index contributed by atoms with van der Waals surface area (Å²) in [5, 5.41) is 2.95. The number of carbonyl (C=O) groups excluding carboxylic acids is 3. The molecule has 3 rings (SSSR count). The van der Waals surface area contributed by atoms with Crippen molar-refractivity contribution in [3.63, 3.8) is 0 Å². The van der Waals surface area contributed by atoms with E-state index in [9.17, 15) is 14.4 Å². The standard InChI is InChI=1S/C23H27N3O4/c1-25(20-13-7-6-12-19(20)23(29)30-2)21(27)16-26-14-8-9-17(15-26)22(28)24-18-10-4-3-5-11-18/h3-7,10-13,17H,8-9,14-16H2,1-2H3,(H,24,28). The number of methoxy groups -OCH3 is 1. The van der Waals surface area contributed by atoms with E-state index >= 15 is 0 Å². The number of hydrogen-bond acceptors (Lipinski definition) is 5. The lowest BCUT2D eigenvalue weighted by Crippen LogP contribution is -2.46. The minimum Gasteiger partial charge on any atom is -0.465 e. The van der Waals surface area contributed by atoms with Crippen molar-refractivity contribution in [1.82, 2.24) is 4.90 Å². The molecule has 1 aliphatic rings. The maximum Gasteiger partial charge on any atom is 0.339 e. The van der Waals surface area contributed by atoms with Gasteiger partial charge in [-0.25, -0.2) is 4.79 Å². The molecule has 7 nitrogen and oxygen atoms in total. The second kappa shape index (κ2) is 10.0. The number of nitrogens with zero attached hydrogens (tertiary/aromatic N) is 2. The maximum absolute atomic E-state index is 12.9. The Bertz CT molecular complexity index is 900. The summed E-state index contributed by atoms with van der Waals surface area (Å²) in [6.45, 7) is 1.46. The number of carbonyl (C=O) groups is 3. The Morgan fingerprint density at radius 3 is 2.53 bits per heavy atom. The molecular weight excluding hydrogens is 382 g/mol. The third-order valence-corrected chi connectivity index (χ3v) is 5.32. The second-order valence-corrected chi connectivity index (χ2v) is 7.39. The Labute approximate surface area is 176 Å². The molecule has 0 bridgehead atoms. The highest BCUT2D eigenvalue weighted by molar-refractivity contribution is 6.03. The van der Waals surface area contributed by atoms with Crippen molar-refractivity contribution in [3.8, 4) is 0 Å². The first-order chi connectivity index (χ1) is 14.5. The lowest BCUT2D eigenvalue weighted by atomic mass is 9.97. The van der Waals surface area contributed by atoms with E-state index in [4.69, 9.17) is 4.74 Å². The van der Waals surface area contributed by atoms with Gasteiger partial charge in [-0.1, -0.05) is 30.3 Å². The van der Waals surface area contributed by atoms with Gasteiger partial charge in [-0.3, -0.25) is 14.5 Å². The molecule has 0 aliphatic carbocycles. The fourth-order valence-electron chi connectivity index (χ4n) is 3.66. The molecule has 0 saturated carbocycles. The molecule has 0 spiro atoms. The van der Waals surface area contributed by atoms with Crippen LogP contribution in [0.5, 0.6) is 0 Å². The van der Waals surface area contributed by atoms with E-state index in [1.54, 1.807) is 31.3 Å². The zero-order chi connectivity index (χ0) is 21.5. The van der Waals surface area contributed by atoms with Crippen molar-refractivity contribution in [3.05, 3.63) is 60.2 Å². The average molecular weight is 409 g/mol. The van der Waals surface area contributed by atoms with E-state index < -0.39 is 5.97 Å². The lowest BCUT2D eigenvalue weighted by molar-refractivity contribution is -0.124. The Morgan fingerprint density at radius 2 is 1.80 bits per heavy atom. The van der Waals surface area contributed by atoms with Gasteiger partial charge in [0.1, 0.15) is 0 Å². The molecule has 7 heteroatoms. The summed E-state index contributed by atoms with van der Waals surface area (Å²) < 4.78 is 4.81. The number of amides is 2. The number of anilines is 2. The second-order valence-electron chi connectivity index (χ2n) is 7.39. The molecule has 1 fully saturated rings. The molecule has 1 heterocycles. The molecule has 1 aliphatic heterocycles. The fraction of sp³-hybridized carbons (Fsp3) is 0.348. The fourth-order valence-corrected chi connectivity index (χ4v) is 3.66. The van der Waals surface area contributed by atoms with Crippen LogP contribution in [0.4, 0.5) is 11.4 Å². The smallest absolute Gasteiger partial charge is 0.339 e. The van der Waals surface area contributed by atoms with Crippen LogP contribution in [0.3, 0.4) is 0 Å². The Morgan fingerprint density at radius 1 is 1.10 bits per heavy atom. The van der Waals surface area contributed by atoms with Gasteiger partial charge in [0.05, 0.1) is 30.8 Å². The number of likely N-dealkylation sites (N-methyl/N-ethyl adjacent to an activating group) is 1. The summed E-state index contributed by atoms with van der Waals surface area (Å²) in [6, 6.07) is 16.2. The first kappa shape index (κ1) is 21.5. The minimum atomic E-state index is -0.485. The first-order valence-electron chi connectivity index (χ1n) is 10.0. The molecule has 2 aromatic carbocycles. The van der Waals surface area contributed by atoms with Gasteiger partial charge in [-0.05, 0) is 43.7 Å². The summed E-state index contributed by atoms with van der Waals surface area (Å²) in [6.07, 6.45) is 1.65. The number of likely N-dealkylation sites (tertiary alicyclic amines) is 1. The zero-order valence-electron chi connectivity index (χ0n) is 17.3. The predicted octanol–water partition coefficient (Wildman–Crippen LogP) is 2.79. The molecule has 0 aromatic heterocycles. The molecule has 2 aromatic rings. The van der Waals surface area contributed by atoms with Gasteiger partial charge in [0.2, 0.25) is 11.8 Å². The number of para-hydroxylation sites is 2. The van der Waals surface area contributed by atoms with E-state index in [1.807, 2.05) is 35.2 Å². The number of hydrogen-bond donors (Lipinski definition) is 1. The highest BCUT2D eigenvalue weighted by atomic mass is 16.5. The predicted molar refractivity (Wildman–Crippen MR) is 115 cm³/mol. The van der Waals surface area contributed by atoms with Gasteiger partial charge in [0.25, 0.3) is 0 Å². The van der Waals surface area contributed by atoms with Crippen LogP contribution in [0.15, 0.2) is 54.6 Å². The summed E-state index contributed by atoms with van der Waals surface area (Å²) in [4.78, 5) is 41.0. The van der Waals surface area contributed by atoms with Gasteiger partial charge in [-0.2, -0.15) is 0 Å². The Balaban J connectivity index is 1.61. The van der Waals surface area contributed by atoms with Crippen LogP contribution in [-0.2, 0) is 14.3 Å². The number of piperidine rings is 1. The van der Waals surface area contributed by atoms with E-state index in [-0.39, 0.29) is 24.3 Å². The maximum atomic E-state index is 12.9. The minimum absolute atomic E-state index is 0.0252. The third-order valence-electron chi connectivity index (χ3n) is 5.32. The third kappa shape index (κ3) is 5.24. The summed E-state index contributed by atoms with van der Waals surface area (Å²) >= 11 is 0. The normalized spacial score (nSPS) is 16.5. The SMILES string of the molecule is COC(=O)c1ccccc1N(C)C(=O)CN1CCCC(C(=O)Nc2ccccc2)C1. The number of rotatable bonds is 6. The van der Waals surface area contributed by atoms with Crippen molar-refractivity contribution < 1.29 is 19.1 Å².